The normalized spacial score (nSPS) is 13.7. The van der Waals surface area contributed by atoms with Gasteiger partial charge in [0.2, 0.25) is 0 Å². The summed E-state index contributed by atoms with van der Waals surface area (Å²) in [7, 11) is -2.45. The summed E-state index contributed by atoms with van der Waals surface area (Å²) in [6.45, 7) is 0.297. The van der Waals surface area contributed by atoms with Crippen molar-refractivity contribution in [1.29, 1.82) is 0 Å². The summed E-state index contributed by atoms with van der Waals surface area (Å²) in [6.07, 6.45) is 0.658. The van der Waals surface area contributed by atoms with Crippen molar-refractivity contribution in [1.82, 2.24) is 4.57 Å². The number of carbonyl (C=O) groups excluding carboxylic acids is 2. The maximum atomic E-state index is 13.2. The van der Waals surface area contributed by atoms with E-state index in [0.29, 0.717) is 23.5 Å². The first-order valence-corrected chi connectivity index (χ1v) is 13.1. The van der Waals surface area contributed by atoms with E-state index in [1.54, 1.807) is 10.6 Å². The number of thiazole rings is 1. The molecule has 0 aliphatic carbocycles. The lowest BCUT2D eigenvalue weighted by Crippen LogP contribution is -2.29. The van der Waals surface area contributed by atoms with Crippen LogP contribution < -0.4 is 9.11 Å². The highest BCUT2D eigenvalue weighted by atomic mass is 32.2. The number of nitrogens with zero attached hydrogens (tertiary/aromatic N) is 3. The van der Waals surface area contributed by atoms with Gasteiger partial charge in [0, 0.05) is 12.1 Å². The largest absolute Gasteiger partial charge is 0.468 e. The summed E-state index contributed by atoms with van der Waals surface area (Å²) >= 11 is 1.28. The average molecular weight is 508 g/mol. The molecule has 0 radical (unpaired) electrons. The van der Waals surface area contributed by atoms with Gasteiger partial charge in [0.05, 0.1) is 27.9 Å². The van der Waals surface area contributed by atoms with Gasteiger partial charge in [0.1, 0.15) is 6.54 Å². The summed E-state index contributed by atoms with van der Waals surface area (Å²) < 4.78 is 35.1. The second-order valence-electron chi connectivity index (χ2n) is 7.91. The van der Waals surface area contributed by atoms with Gasteiger partial charge in [-0.15, -0.1) is 0 Å². The highest BCUT2D eigenvalue weighted by Crippen LogP contribution is 2.32. The van der Waals surface area contributed by atoms with Gasteiger partial charge in [-0.3, -0.25) is 13.9 Å². The SMILES string of the molecule is COC(=O)Cn1c(=NC(=O)c2ccc(S(=O)(=O)N3CCc4ccccc43)cc2)sc2ccccc21. The fourth-order valence-corrected chi connectivity index (χ4v) is 6.59. The van der Waals surface area contributed by atoms with Crippen LogP contribution in [0.25, 0.3) is 10.2 Å². The summed E-state index contributed by atoms with van der Waals surface area (Å²) in [6, 6.07) is 20.6. The number of aromatic nitrogens is 1. The summed E-state index contributed by atoms with van der Waals surface area (Å²) in [5, 5.41) is 0. The Morgan fingerprint density at radius 2 is 1.71 bits per heavy atom. The van der Waals surface area contributed by atoms with Gasteiger partial charge in [-0.1, -0.05) is 41.7 Å². The van der Waals surface area contributed by atoms with Crippen LogP contribution in [0.4, 0.5) is 5.69 Å². The Balaban J connectivity index is 1.46. The minimum Gasteiger partial charge on any atom is -0.468 e. The van der Waals surface area contributed by atoms with E-state index in [2.05, 4.69) is 4.99 Å². The Bertz CT molecular complexity index is 1620. The molecule has 10 heteroatoms. The molecular formula is C25H21N3O5S2. The Hall–Kier alpha value is -3.76. The first-order chi connectivity index (χ1) is 16.9. The molecule has 1 amide bonds. The Kier molecular flexibility index (Phi) is 6.00. The van der Waals surface area contributed by atoms with E-state index in [9.17, 15) is 18.0 Å². The Labute approximate surface area is 205 Å². The van der Waals surface area contributed by atoms with Crippen LogP contribution in [0.2, 0.25) is 0 Å². The number of sulfonamides is 1. The van der Waals surface area contributed by atoms with Crippen LogP contribution in [0.5, 0.6) is 0 Å². The smallest absolute Gasteiger partial charge is 0.325 e. The van der Waals surface area contributed by atoms with Crippen molar-refractivity contribution in [2.24, 2.45) is 4.99 Å². The number of fused-ring (bicyclic) bond motifs is 2. The lowest BCUT2D eigenvalue weighted by atomic mass is 10.2. The monoisotopic (exact) mass is 507 g/mol. The van der Waals surface area contributed by atoms with Crippen molar-refractivity contribution >= 4 is 49.1 Å². The highest BCUT2D eigenvalue weighted by molar-refractivity contribution is 7.92. The first kappa shape index (κ1) is 23.0. The molecule has 35 heavy (non-hydrogen) atoms. The molecule has 0 fully saturated rings. The minimum atomic E-state index is -3.76. The predicted molar refractivity (Wildman–Crippen MR) is 133 cm³/mol. The molecule has 2 heterocycles. The van der Waals surface area contributed by atoms with Crippen molar-refractivity contribution in [3.8, 4) is 0 Å². The molecule has 0 saturated carbocycles. The zero-order valence-corrected chi connectivity index (χ0v) is 20.4. The van der Waals surface area contributed by atoms with Crippen molar-refractivity contribution < 1.29 is 22.7 Å². The molecule has 4 aromatic rings. The van der Waals surface area contributed by atoms with Crippen molar-refractivity contribution in [2.75, 3.05) is 18.0 Å². The summed E-state index contributed by atoms with van der Waals surface area (Å²) in [5.41, 5.74) is 2.68. The van der Waals surface area contributed by atoms with Gasteiger partial charge in [0.25, 0.3) is 15.9 Å². The van der Waals surface area contributed by atoms with E-state index < -0.39 is 21.9 Å². The molecule has 178 valence electrons. The molecule has 8 nitrogen and oxygen atoms in total. The van der Waals surface area contributed by atoms with Gasteiger partial charge >= 0.3 is 5.97 Å². The van der Waals surface area contributed by atoms with E-state index in [-0.39, 0.29) is 17.0 Å². The number of hydrogen-bond donors (Lipinski definition) is 0. The standard InChI is InChI=1S/C25H21N3O5S2/c1-33-23(29)16-27-21-8-4-5-9-22(21)34-25(27)26-24(30)18-10-12-19(13-11-18)35(31,32)28-15-14-17-6-2-3-7-20(17)28/h2-13H,14-16H2,1H3. The van der Waals surface area contributed by atoms with Gasteiger partial charge in [-0.2, -0.15) is 4.99 Å². The zero-order valence-electron chi connectivity index (χ0n) is 18.7. The van der Waals surface area contributed by atoms with Gasteiger partial charge in [-0.25, -0.2) is 8.42 Å². The van der Waals surface area contributed by atoms with Gasteiger partial charge in [-0.05, 0) is 54.4 Å². The number of rotatable bonds is 5. The summed E-state index contributed by atoms with van der Waals surface area (Å²) in [4.78, 5) is 29.5. The predicted octanol–water partition coefficient (Wildman–Crippen LogP) is 3.37. The molecule has 0 N–H and O–H groups in total. The van der Waals surface area contributed by atoms with Crippen LogP contribution in [-0.2, 0) is 32.5 Å². The Morgan fingerprint density at radius 1 is 1.00 bits per heavy atom. The number of ether oxygens (including phenoxy) is 1. The number of amides is 1. The quantitative estimate of drug-likeness (QED) is 0.386. The highest BCUT2D eigenvalue weighted by Gasteiger charge is 2.30. The van der Waals surface area contributed by atoms with E-state index >= 15 is 0 Å². The van der Waals surface area contributed by atoms with Crippen LogP contribution in [0.1, 0.15) is 15.9 Å². The zero-order chi connectivity index (χ0) is 24.6. The van der Waals surface area contributed by atoms with Crippen LogP contribution in [0.15, 0.2) is 82.7 Å². The second kappa shape index (κ2) is 9.12. The molecule has 0 saturated heterocycles. The van der Waals surface area contributed by atoms with Crippen molar-refractivity contribution in [3.63, 3.8) is 0 Å². The summed E-state index contributed by atoms with van der Waals surface area (Å²) in [5.74, 6) is -0.994. The number of carbonyl (C=O) groups is 2. The number of anilines is 1. The molecule has 1 aliphatic heterocycles. The van der Waals surface area contributed by atoms with Gasteiger partial charge < -0.3 is 9.30 Å². The maximum absolute atomic E-state index is 13.2. The lowest BCUT2D eigenvalue weighted by molar-refractivity contribution is -0.141. The van der Waals surface area contributed by atoms with E-state index in [1.807, 2.05) is 42.5 Å². The van der Waals surface area contributed by atoms with Gasteiger partial charge in [0.15, 0.2) is 4.80 Å². The first-order valence-electron chi connectivity index (χ1n) is 10.8. The van der Waals surface area contributed by atoms with E-state index in [0.717, 1.165) is 15.8 Å². The fourth-order valence-electron chi connectivity index (χ4n) is 4.06. The molecule has 1 aliphatic rings. The van der Waals surface area contributed by atoms with Crippen LogP contribution in [0, 0.1) is 0 Å². The topological polar surface area (TPSA) is 98.0 Å². The van der Waals surface area contributed by atoms with Crippen molar-refractivity contribution in [3.05, 3.63) is 88.7 Å². The van der Waals surface area contributed by atoms with E-state index in [4.69, 9.17) is 4.74 Å². The van der Waals surface area contributed by atoms with Crippen LogP contribution >= 0.6 is 11.3 Å². The molecular weight excluding hydrogens is 486 g/mol. The molecule has 3 aromatic carbocycles. The minimum absolute atomic E-state index is 0.0822. The third kappa shape index (κ3) is 4.26. The van der Waals surface area contributed by atoms with E-state index in [1.165, 1.54) is 47.0 Å². The number of hydrogen-bond acceptors (Lipinski definition) is 6. The molecule has 0 unspecified atom stereocenters. The van der Waals surface area contributed by atoms with Crippen LogP contribution in [-0.4, -0.2) is 38.5 Å². The average Bonchev–Trinajstić information content (AvgIpc) is 3.46. The number of methoxy groups -OCH3 is 1. The second-order valence-corrected chi connectivity index (χ2v) is 10.8. The molecule has 0 bridgehead atoms. The molecule has 0 spiro atoms. The fraction of sp³-hybridized carbons (Fsp3) is 0.160. The Morgan fingerprint density at radius 3 is 2.49 bits per heavy atom. The number of benzene rings is 3. The molecule has 0 atom stereocenters. The third-order valence-corrected chi connectivity index (χ3v) is 8.72. The molecule has 1 aromatic heterocycles. The maximum Gasteiger partial charge on any atom is 0.325 e. The molecule has 5 rings (SSSR count). The number of para-hydroxylation sites is 2. The number of esters is 1. The van der Waals surface area contributed by atoms with Crippen molar-refractivity contribution in [2.45, 2.75) is 17.9 Å². The lowest BCUT2D eigenvalue weighted by Gasteiger charge is -2.19. The third-order valence-electron chi connectivity index (χ3n) is 5.83. The van der Waals surface area contributed by atoms with Crippen LogP contribution in [0.3, 0.4) is 0 Å².